The van der Waals surface area contributed by atoms with E-state index in [4.69, 9.17) is 0 Å². The van der Waals surface area contributed by atoms with Crippen molar-refractivity contribution < 1.29 is 4.48 Å². The third-order valence-corrected chi connectivity index (χ3v) is 3.37. The van der Waals surface area contributed by atoms with Gasteiger partial charge in [0.1, 0.15) is 11.8 Å². The summed E-state index contributed by atoms with van der Waals surface area (Å²) >= 11 is 0. The van der Waals surface area contributed by atoms with Gasteiger partial charge in [0.15, 0.2) is 0 Å². The van der Waals surface area contributed by atoms with Crippen LogP contribution in [0.3, 0.4) is 0 Å². The fourth-order valence-corrected chi connectivity index (χ4v) is 2.54. The molecule has 1 atom stereocenters. The van der Waals surface area contributed by atoms with Crippen molar-refractivity contribution in [2.45, 2.75) is 25.8 Å². The van der Waals surface area contributed by atoms with Gasteiger partial charge < -0.3 is 4.90 Å². The van der Waals surface area contributed by atoms with E-state index in [2.05, 4.69) is 16.8 Å². The molecule has 0 N–H and O–H groups in total. The number of hydrogen-bond donors (Lipinski definition) is 0. The minimum atomic E-state index is 0.487. The topological polar surface area (TPSA) is 21.1 Å². The maximum Gasteiger partial charge on any atom is 0.127 e. The second-order valence-electron chi connectivity index (χ2n) is 4.39. The average Bonchev–Trinajstić information content (AvgIpc) is 2.86. The Hall–Kier alpha value is -1.58. The summed E-state index contributed by atoms with van der Waals surface area (Å²) in [6.45, 7) is 3.19. The summed E-state index contributed by atoms with van der Waals surface area (Å²) in [4.78, 5) is 6.92. The van der Waals surface area contributed by atoms with Crippen LogP contribution in [-0.4, -0.2) is 22.4 Å². The van der Waals surface area contributed by atoms with E-state index in [1.165, 1.54) is 19.2 Å². The lowest BCUT2D eigenvalue weighted by Gasteiger charge is -2.24. The standard InChI is InChI=1S/C12H14FN3/c1-9-4-3-7-15(9)11-6-2-5-10-12(11)16(13)8-14-10/h2,5-6,8-9H,3-4,7H2,1H3. The zero-order valence-corrected chi connectivity index (χ0v) is 9.23. The molecule has 1 aliphatic heterocycles. The lowest BCUT2D eigenvalue weighted by Crippen LogP contribution is -2.26. The van der Waals surface area contributed by atoms with Crippen LogP contribution in [0.1, 0.15) is 19.8 Å². The summed E-state index contributed by atoms with van der Waals surface area (Å²) in [5.74, 6) is 0. The second-order valence-corrected chi connectivity index (χ2v) is 4.39. The lowest BCUT2D eigenvalue weighted by atomic mass is 10.2. The highest BCUT2D eigenvalue weighted by Gasteiger charge is 2.23. The van der Waals surface area contributed by atoms with Crippen molar-refractivity contribution in [3.8, 4) is 0 Å². The first-order chi connectivity index (χ1) is 7.77. The number of imidazole rings is 1. The largest absolute Gasteiger partial charge is 0.367 e. The van der Waals surface area contributed by atoms with Gasteiger partial charge in [0, 0.05) is 12.6 Å². The second kappa shape index (κ2) is 3.47. The molecule has 1 aliphatic rings. The molecule has 1 fully saturated rings. The molecular weight excluding hydrogens is 205 g/mol. The summed E-state index contributed by atoms with van der Waals surface area (Å²) in [7, 11) is 0. The number of hydrogen-bond acceptors (Lipinski definition) is 2. The smallest absolute Gasteiger partial charge is 0.127 e. The molecule has 2 heterocycles. The number of rotatable bonds is 1. The van der Waals surface area contributed by atoms with Gasteiger partial charge in [-0.15, -0.1) is 0 Å². The van der Waals surface area contributed by atoms with Crippen LogP contribution < -0.4 is 4.90 Å². The number of fused-ring (bicyclic) bond motifs is 1. The molecule has 1 aromatic carbocycles. The maximum atomic E-state index is 13.6. The van der Waals surface area contributed by atoms with Gasteiger partial charge in [0.25, 0.3) is 0 Å². The van der Waals surface area contributed by atoms with E-state index >= 15 is 0 Å². The molecule has 3 rings (SSSR count). The van der Waals surface area contributed by atoms with E-state index in [0.717, 1.165) is 17.7 Å². The highest BCUT2D eigenvalue weighted by Crippen LogP contribution is 2.31. The highest BCUT2D eigenvalue weighted by atomic mass is 19.2. The molecule has 1 saturated heterocycles. The van der Waals surface area contributed by atoms with E-state index in [-0.39, 0.29) is 0 Å². The quantitative estimate of drug-likeness (QED) is 0.735. The Bertz CT molecular complexity index is 520. The van der Waals surface area contributed by atoms with E-state index in [1.807, 2.05) is 18.2 Å². The average molecular weight is 219 g/mol. The predicted octanol–water partition coefficient (Wildman–Crippen LogP) is 2.76. The SMILES string of the molecule is CC1CCCN1c1cccc2ncn(F)c12. The van der Waals surface area contributed by atoms with Gasteiger partial charge in [0.2, 0.25) is 0 Å². The Morgan fingerprint density at radius 1 is 1.44 bits per heavy atom. The molecule has 1 aromatic heterocycles. The number of anilines is 1. The Morgan fingerprint density at radius 2 is 2.31 bits per heavy atom. The number of aromatic nitrogens is 2. The van der Waals surface area contributed by atoms with Gasteiger partial charge in [0.05, 0.1) is 11.2 Å². The molecule has 0 aliphatic carbocycles. The van der Waals surface area contributed by atoms with E-state index < -0.39 is 0 Å². The first-order valence-corrected chi connectivity index (χ1v) is 5.66. The van der Waals surface area contributed by atoms with Crippen molar-refractivity contribution in [1.29, 1.82) is 0 Å². The zero-order valence-electron chi connectivity index (χ0n) is 9.23. The molecule has 84 valence electrons. The zero-order chi connectivity index (χ0) is 11.1. The molecule has 0 saturated carbocycles. The summed E-state index contributed by atoms with van der Waals surface area (Å²) in [5.41, 5.74) is 2.28. The molecule has 0 bridgehead atoms. The van der Waals surface area contributed by atoms with Crippen LogP contribution in [0, 0.1) is 0 Å². The molecular formula is C12H14FN3. The molecule has 4 heteroatoms. The van der Waals surface area contributed by atoms with Gasteiger partial charge >= 0.3 is 0 Å². The normalized spacial score (nSPS) is 20.9. The lowest BCUT2D eigenvalue weighted by molar-refractivity contribution is 0.384. The van der Waals surface area contributed by atoms with Gasteiger partial charge in [-0.05, 0) is 31.9 Å². The third-order valence-electron chi connectivity index (χ3n) is 3.37. The van der Waals surface area contributed by atoms with E-state index in [0.29, 0.717) is 16.3 Å². The first kappa shape index (κ1) is 9.63. The number of nitrogens with zero attached hydrogens (tertiary/aromatic N) is 3. The summed E-state index contributed by atoms with van der Waals surface area (Å²) in [6.07, 6.45) is 3.59. The molecule has 16 heavy (non-hydrogen) atoms. The highest BCUT2D eigenvalue weighted by molar-refractivity contribution is 5.89. The van der Waals surface area contributed by atoms with Crippen LogP contribution in [0.4, 0.5) is 10.2 Å². The van der Waals surface area contributed by atoms with Gasteiger partial charge in [-0.3, -0.25) is 0 Å². The number of halogens is 1. The van der Waals surface area contributed by atoms with Crippen molar-refractivity contribution in [2.75, 3.05) is 11.4 Å². The molecule has 0 spiro atoms. The monoisotopic (exact) mass is 219 g/mol. The Morgan fingerprint density at radius 3 is 3.06 bits per heavy atom. The fourth-order valence-electron chi connectivity index (χ4n) is 2.54. The summed E-state index contributed by atoms with van der Waals surface area (Å²) in [5, 5.41) is 0. The molecule has 0 amide bonds. The summed E-state index contributed by atoms with van der Waals surface area (Å²) in [6, 6.07) is 6.24. The van der Waals surface area contributed by atoms with Gasteiger partial charge in [-0.2, -0.15) is 4.79 Å². The van der Waals surface area contributed by atoms with E-state index in [1.54, 1.807) is 0 Å². The predicted molar refractivity (Wildman–Crippen MR) is 62.3 cm³/mol. The Balaban J connectivity index is 2.18. The van der Waals surface area contributed by atoms with Crippen molar-refractivity contribution in [3.63, 3.8) is 0 Å². The van der Waals surface area contributed by atoms with Crippen molar-refractivity contribution in [2.24, 2.45) is 0 Å². The van der Waals surface area contributed by atoms with Crippen LogP contribution in [0.15, 0.2) is 24.5 Å². The summed E-state index contributed by atoms with van der Waals surface area (Å²) < 4.78 is 13.6. The molecule has 0 radical (unpaired) electrons. The molecule has 3 nitrogen and oxygen atoms in total. The molecule has 2 aromatic rings. The first-order valence-electron chi connectivity index (χ1n) is 5.66. The Labute approximate surface area is 93.4 Å². The fraction of sp³-hybridized carbons (Fsp3) is 0.417. The maximum absolute atomic E-state index is 13.6. The van der Waals surface area contributed by atoms with Crippen LogP contribution >= 0.6 is 0 Å². The van der Waals surface area contributed by atoms with Gasteiger partial charge in [-0.25, -0.2) is 4.98 Å². The van der Waals surface area contributed by atoms with Crippen LogP contribution in [0.2, 0.25) is 0 Å². The van der Waals surface area contributed by atoms with Crippen molar-refractivity contribution in [1.82, 2.24) is 9.77 Å². The minimum Gasteiger partial charge on any atom is -0.367 e. The van der Waals surface area contributed by atoms with Crippen molar-refractivity contribution >= 4 is 16.7 Å². The van der Waals surface area contributed by atoms with Crippen LogP contribution in [-0.2, 0) is 0 Å². The Kier molecular flexibility index (Phi) is 2.09. The van der Waals surface area contributed by atoms with Gasteiger partial charge in [-0.1, -0.05) is 10.5 Å². The van der Waals surface area contributed by atoms with Crippen molar-refractivity contribution in [3.05, 3.63) is 24.5 Å². The third kappa shape index (κ3) is 1.29. The number of para-hydroxylation sites is 1. The minimum absolute atomic E-state index is 0.487. The molecule has 1 unspecified atom stereocenters. The van der Waals surface area contributed by atoms with Crippen LogP contribution in [0.25, 0.3) is 11.0 Å². The number of benzene rings is 1. The van der Waals surface area contributed by atoms with E-state index in [9.17, 15) is 4.48 Å². The van der Waals surface area contributed by atoms with Crippen LogP contribution in [0.5, 0.6) is 0 Å².